The Balaban J connectivity index is 1.65. The van der Waals surface area contributed by atoms with E-state index in [2.05, 4.69) is 15.5 Å². The molecule has 0 aliphatic heterocycles. The van der Waals surface area contributed by atoms with Gasteiger partial charge in [-0.25, -0.2) is 13.6 Å². The molecular formula is C19H21N5O3S2. The van der Waals surface area contributed by atoms with E-state index in [1.165, 1.54) is 41.6 Å². The predicted octanol–water partition coefficient (Wildman–Crippen LogP) is 2.65. The van der Waals surface area contributed by atoms with Crippen LogP contribution in [-0.4, -0.2) is 34.8 Å². The lowest BCUT2D eigenvalue weighted by molar-refractivity contribution is -0.113. The highest BCUT2D eigenvalue weighted by Gasteiger charge is 2.15. The van der Waals surface area contributed by atoms with E-state index in [4.69, 9.17) is 5.14 Å². The molecule has 0 bridgehead atoms. The summed E-state index contributed by atoms with van der Waals surface area (Å²) in [5.74, 6) is 0.665. The molecule has 152 valence electrons. The Morgan fingerprint density at radius 3 is 2.34 bits per heavy atom. The maximum Gasteiger partial charge on any atom is 0.238 e. The molecule has 1 heterocycles. The van der Waals surface area contributed by atoms with Gasteiger partial charge >= 0.3 is 0 Å². The number of nitrogens with one attached hydrogen (secondary N) is 1. The Morgan fingerprint density at radius 2 is 1.76 bits per heavy atom. The van der Waals surface area contributed by atoms with Gasteiger partial charge in [0.05, 0.1) is 10.6 Å². The average Bonchev–Trinajstić information content (AvgIpc) is 3.09. The molecule has 10 heteroatoms. The monoisotopic (exact) mass is 431 g/mol. The Morgan fingerprint density at radius 1 is 1.10 bits per heavy atom. The fraction of sp³-hybridized carbons (Fsp3) is 0.211. The van der Waals surface area contributed by atoms with Crippen LogP contribution in [0.5, 0.6) is 0 Å². The fourth-order valence-corrected chi connectivity index (χ4v) is 3.97. The third kappa shape index (κ3) is 5.22. The molecule has 3 N–H and O–H groups in total. The number of carbonyl (C=O) groups excluding carboxylic acids is 1. The van der Waals surface area contributed by atoms with Gasteiger partial charge in [0.25, 0.3) is 0 Å². The highest BCUT2D eigenvalue weighted by Crippen LogP contribution is 2.24. The van der Waals surface area contributed by atoms with E-state index in [9.17, 15) is 13.2 Å². The van der Waals surface area contributed by atoms with E-state index in [-0.39, 0.29) is 16.6 Å². The number of aromatic nitrogens is 3. The standard InChI is InChI=1S/C19H21N5O3S2/c1-3-24-18(14-6-4-13(2)5-7-14)22-23-19(24)28-12-17(25)21-15-8-10-16(11-9-15)29(20,26)27/h4-11H,3,12H2,1-2H3,(H,21,25)(H2,20,26,27). The van der Waals surface area contributed by atoms with Crippen molar-refractivity contribution in [2.24, 2.45) is 5.14 Å². The number of hydrogen-bond donors (Lipinski definition) is 2. The zero-order valence-electron chi connectivity index (χ0n) is 16.0. The summed E-state index contributed by atoms with van der Waals surface area (Å²) in [6.45, 7) is 4.70. The second-order valence-corrected chi connectivity index (χ2v) is 8.83. The summed E-state index contributed by atoms with van der Waals surface area (Å²) in [4.78, 5) is 12.2. The minimum Gasteiger partial charge on any atom is -0.325 e. The van der Waals surface area contributed by atoms with E-state index in [0.29, 0.717) is 17.4 Å². The van der Waals surface area contributed by atoms with Crippen LogP contribution in [0.2, 0.25) is 0 Å². The maximum absolute atomic E-state index is 12.2. The molecule has 0 aliphatic rings. The Hall–Kier alpha value is -2.69. The first kappa shape index (κ1) is 21.0. The molecule has 1 aromatic heterocycles. The molecular weight excluding hydrogens is 410 g/mol. The lowest BCUT2D eigenvalue weighted by atomic mass is 10.1. The number of benzene rings is 2. The molecule has 2 aromatic carbocycles. The van der Waals surface area contributed by atoms with Crippen LogP contribution in [-0.2, 0) is 21.4 Å². The van der Waals surface area contributed by atoms with E-state index in [1.54, 1.807) is 0 Å². The molecule has 3 rings (SSSR count). The number of nitrogens with zero attached hydrogens (tertiary/aromatic N) is 3. The summed E-state index contributed by atoms with van der Waals surface area (Å²) in [6, 6.07) is 13.7. The normalized spacial score (nSPS) is 11.4. The zero-order valence-corrected chi connectivity index (χ0v) is 17.6. The highest BCUT2D eigenvalue weighted by atomic mass is 32.2. The number of rotatable bonds is 7. The smallest absolute Gasteiger partial charge is 0.238 e. The molecule has 0 unspecified atom stereocenters. The molecule has 29 heavy (non-hydrogen) atoms. The SMILES string of the molecule is CCn1c(SCC(=O)Nc2ccc(S(N)(=O)=O)cc2)nnc1-c1ccc(C)cc1. The number of primary sulfonamides is 1. The first-order valence-electron chi connectivity index (χ1n) is 8.83. The summed E-state index contributed by atoms with van der Waals surface area (Å²) in [6.07, 6.45) is 0. The van der Waals surface area contributed by atoms with Gasteiger partial charge in [0.1, 0.15) is 0 Å². The molecule has 0 radical (unpaired) electrons. The van der Waals surface area contributed by atoms with Crippen LogP contribution in [0.1, 0.15) is 12.5 Å². The van der Waals surface area contributed by atoms with Crippen molar-refractivity contribution in [2.75, 3.05) is 11.1 Å². The van der Waals surface area contributed by atoms with Crippen molar-refractivity contribution in [2.45, 2.75) is 30.4 Å². The van der Waals surface area contributed by atoms with Gasteiger partial charge in [-0.05, 0) is 38.1 Å². The third-order valence-corrected chi connectivity index (χ3v) is 6.04. The molecule has 0 atom stereocenters. The van der Waals surface area contributed by atoms with Crippen LogP contribution in [0.4, 0.5) is 5.69 Å². The minimum atomic E-state index is -3.76. The lowest BCUT2D eigenvalue weighted by Crippen LogP contribution is -2.15. The molecule has 0 saturated heterocycles. The molecule has 0 spiro atoms. The van der Waals surface area contributed by atoms with Crippen molar-refractivity contribution in [1.82, 2.24) is 14.8 Å². The Bertz CT molecular complexity index is 1110. The van der Waals surface area contributed by atoms with E-state index in [1.807, 2.05) is 42.7 Å². The number of sulfonamides is 1. The van der Waals surface area contributed by atoms with Crippen molar-refractivity contribution in [3.8, 4) is 11.4 Å². The van der Waals surface area contributed by atoms with Gasteiger partial charge in [-0.1, -0.05) is 41.6 Å². The number of amides is 1. The first-order valence-corrected chi connectivity index (χ1v) is 11.4. The molecule has 1 amide bonds. The number of aryl methyl sites for hydroxylation is 1. The summed E-state index contributed by atoms with van der Waals surface area (Å²) in [5, 5.41) is 16.9. The number of nitrogens with two attached hydrogens (primary N) is 1. The van der Waals surface area contributed by atoms with Gasteiger partial charge < -0.3 is 9.88 Å². The van der Waals surface area contributed by atoms with Crippen LogP contribution < -0.4 is 10.5 Å². The molecule has 0 aliphatic carbocycles. The van der Waals surface area contributed by atoms with Crippen molar-refractivity contribution in [3.05, 3.63) is 54.1 Å². The third-order valence-electron chi connectivity index (χ3n) is 4.14. The zero-order chi connectivity index (χ0) is 21.0. The predicted molar refractivity (Wildman–Crippen MR) is 113 cm³/mol. The van der Waals surface area contributed by atoms with Crippen molar-refractivity contribution < 1.29 is 13.2 Å². The second kappa shape index (κ2) is 8.76. The largest absolute Gasteiger partial charge is 0.325 e. The Kier molecular flexibility index (Phi) is 6.36. The summed E-state index contributed by atoms with van der Waals surface area (Å²) >= 11 is 1.29. The maximum atomic E-state index is 12.2. The quantitative estimate of drug-likeness (QED) is 0.555. The van der Waals surface area contributed by atoms with E-state index < -0.39 is 10.0 Å². The minimum absolute atomic E-state index is 0.00967. The van der Waals surface area contributed by atoms with Crippen molar-refractivity contribution in [3.63, 3.8) is 0 Å². The summed E-state index contributed by atoms with van der Waals surface area (Å²) in [5.41, 5.74) is 2.62. The number of anilines is 1. The Labute approximate surface area is 173 Å². The van der Waals surface area contributed by atoms with Gasteiger partial charge in [-0.15, -0.1) is 10.2 Å². The number of thioether (sulfide) groups is 1. The van der Waals surface area contributed by atoms with Crippen LogP contribution in [0.25, 0.3) is 11.4 Å². The summed E-state index contributed by atoms with van der Waals surface area (Å²) in [7, 11) is -3.76. The van der Waals surface area contributed by atoms with Crippen LogP contribution >= 0.6 is 11.8 Å². The van der Waals surface area contributed by atoms with Gasteiger partial charge in [0.15, 0.2) is 11.0 Å². The highest BCUT2D eigenvalue weighted by molar-refractivity contribution is 7.99. The van der Waals surface area contributed by atoms with Crippen molar-refractivity contribution >= 4 is 33.4 Å². The van der Waals surface area contributed by atoms with Gasteiger partial charge in [-0.2, -0.15) is 0 Å². The molecule has 3 aromatic rings. The summed E-state index contributed by atoms with van der Waals surface area (Å²) < 4.78 is 24.5. The number of hydrogen-bond acceptors (Lipinski definition) is 6. The number of carbonyl (C=O) groups is 1. The van der Waals surface area contributed by atoms with Crippen LogP contribution in [0, 0.1) is 6.92 Å². The van der Waals surface area contributed by atoms with E-state index >= 15 is 0 Å². The van der Waals surface area contributed by atoms with Gasteiger partial charge in [0, 0.05) is 17.8 Å². The molecule has 8 nitrogen and oxygen atoms in total. The van der Waals surface area contributed by atoms with Crippen LogP contribution in [0.3, 0.4) is 0 Å². The van der Waals surface area contributed by atoms with Crippen LogP contribution in [0.15, 0.2) is 58.6 Å². The molecule has 0 fully saturated rings. The topological polar surface area (TPSA) is 120 Å². The van der Waals surface area contributed by atoms with E-state index in [0.717, 1.165) is 11.4 Å². The lowest BCUT2D eigenvalue weighted by Gasteiger charge is -2.08. The first-order chi connectivity index (χ1) is 13.8. The fourth-order valence-electron chi connectivity index (χ4n) is 2.65. The van der Waals surface area contributed by atoms with Crippen molar-refractivity contribution in [1.29, 1.82) is 0 Å². The molecule has 0 saturated carbocycles. The van der Waals surface area contributed by atoms with Gasteiger partial charge in [0.2, 0.25) is 15.9 Å². The second-order valence-electron chi connectivity index (χ2n) is 6.32. The average molecular weight is 432 g/mol. The van der Waals surface area contributed by atoms with Gasteiger partial charge in [-0.3, -0.25) is 4.79 Å².